The lowest BCUT2D eigenvalue weighted by molar-refractivity contribution is 0.0896. The molecule has 2 heterocycles. The highest BCUT2D eigenvalue weighted by atomic mass is 127. The molecule has 6 heteroatoms. The van der Waals surface area contributed by atoms with Gasteiger partial charge in [-0.3, -0.25) is 9.89 Å². The van der Waals surface area contributed by atoms with Gasteiger partial charge in [0.05, 0.1) is 0 Å². The van der Waals surface area contributed by atoms with Crippen molar-refractivity contribution in [3.05, 3.63) is 0 Å². The van der Waals surface area contributed by atoms with Crippen LogP contribution in [0.1, 0.15) is 52.4 Å². The van der Waals surface area contributed by atoms with E-state index in [9.17, 15) is 0 Å². The second kappa shape index (κ2) is 10.6. The molecule has 5 nitrogen and oxygen atoms in total. The lowest BCUT2D eigenvalue weighted by Crippen LogP contribution is -2.55. The first-order valence-corrected chi connectivity index (χ1v) is 10.9. The van der Waals surface area contributed by atoms with E-state index in [1.165, 1.54) is 77.8 Å². The van der Waals surface area contributed by atoms with Crippen molar-refractivity contribution in [1.82, 2.24) is 20.0 Å². The highest BCUT2D eigenvalue weighted by Gasteiger charge is 2.40. The van der Waals surface area contributed by atoms with E-state index in [2.05, 4.69) is 45.9 Å². The van der Waals surface area contributed by atoms with Gasteiger partial charge in [-0.05, 0) is 37.6 Å². The van der Waals surface area contributed by atoms with Crippen LogP contribution >= 0.6 is 24.0 Å². The summed E-state index contributed by atoms with van der Waals surface area (Å²) in [6.45, 7) is 12.9. The Hall–Kier alpha value is -0.0800. The third kappa shape index (κ3) is 5.95. The Morgan fingerprint density at radius 3 is 2.26 bits per heavy atom. The molecule has 1 saturated carbocycles. The molecule has 0 bridgehead atoms. The third-order valence-electron chi connectivity index (χ3n) is 7.11. The summed E-state index contributed by atoms with van der Waals surface area (Å²) in [6, 6.07) is 0.590. The minimum atomic E-state index is 0. The molecule has 2 saturated heterocycles. The summed E-state index contributed by atoms with van der Waals surface area (Å²) in [6.07, 6.45) is 8.51. The Kier molecular flexibility index (Phi) is 9.13. The van der Waals surface area contributed by atoms with Gasteiger partial charge in [0, 0.05) is 58.9 Å². The number of nitrogens with zero attached hydrogens (tertiary/aromatic N) is 4. The van der Waals surface area contributed by atoms with E-state index in [-0.39, 0.29) is 24.0 Å². The molecule has 27 heavy (non-hydrogen) atoms. The van der Waals surface area contributed by atoms with E-state index in [1.807, 2.05) is 7.05 Å². The summed E-state index contributed by atoms with van der Waals surface area (Å²) in [7, 11) is 4.19. The Balaban J connectivity index is 0.00000261. The molecule has 0 aromatic heterocycles. The molecule has 1 spiro atoms. The molecule has 1 N–H and O–H groups in total. The number of nitrogens with one attached hydrogen (secondary N) is 1. The summed E-state index contributed by atoms with van der Waals surface area (Å²) in [5, 5.41) is 3.74. The van der Waals surface area contributed by atoms with Gasteiger partial charge in [-0.2, -0.15) is 0 Å². The summed E-state index contributed by atoms with van der Waals surface area (Å²) in [4.78, 5) is 12.3. The van der Waals surface area contributed by atoms with Gasteiger partial charge in [-0.25, -0.2) is 0 Å². The van der Waals surface area contributed by atoms with E-state index >= 15 is 0 Å². The van der Waals surface area contributed by atoms with Gasteiger partial charge in [0.1, 0.15) is 0 Å². The number of hydrogen-bond donors (Lipinski definition) is 1. The number of likely N-dealkylation sites (N-methyl/N-ethyl adjacent to an activating group) is 1. The smallest absolute Gasteiger partial charge is 0.193 e. The minimum Gasteiger partial charge on any atom is -0.355 e. The fraction of sp³-hybridized carbons (Fsp3) is 0.952. The molecule has 3 fully saturated rings. The number of aliphatic imine (C=N–C) groups is 1. The van der Waals surface area contributed by atoms with Crippen molar-refractivity contribution in [3.63, 3.8) is 0 Å². The lowest BCUT2D eigenvalue weighted by Gasteiger charge is -2.40. The molecule has 3 aliphatic rings. The number of halogens is 1. The van der Waals surface area contributed by atoms with E-state index < -0.39 is 0 Å². The fourth-order valence-corrected chi connectivity index (χ4v) is 5.29. The summed E-state index contributed by atoms with van der Waals surface area (Å²) in [5.74, 6) is 1.79. The average Bonchev–Trinajstić information content (AvgIpc) is 3.03. The van der Waals surface area contributed by atoms with E-state index in [0.29, 0.717) is 17.4 Å². The molecular formula is C21H42IN5. The Morgan fingerprint density at radius 1 is 1.00 bits per heavy atom. The van der Waals surface area contributed by atoms with Crippen molar-refractivity contribution in [2.24, 2.45) is 16.3 Å². The SMILES string of the molecule is CN=C(NCC(C(C)C)N1CCN(C)CC1)N1CCC2(CCCCC2)C1.I. The maximum absolute atomic E-state index is 4.64. The quantitative estimate of drug-likeness (QED) is 0.373. The van der Waals surface area contributed by atoms with E-state index in [1.54, 1.807) is 0 Å². The fourth-order valence-electron chi connectivity index (χ4n) is 5.29. The number of rotatable bonds is 4. The van der Waals surface area contributed by atoms with Crippen LogP contribution in [0.25, 0.3) is 0 Å². The number of guanidine groups is 1. The summed E-state index contributed by atoms with van der Waals surface area (Å²) < 4.78 is 0. The van der Waals surface area contributed by atoms with Crippen LogP contribution in [0.4, 0.5) is 0 Å². The highest BCUT2D eigenvalue weighted by molar-refractivity contribution is 14.0. The predicted molar refractivity (Wildman–Crippen MR) is 126 cm³/mol. The monoisotopic (exact) mass is 491 g/mol. The topological polar surface area (TPSA) is 34.1 Å². The van der Waals surface area contributed by atoms with Gasteiger partial charge in [0.25, 0.3) is 0 Å². The van der Waals surface area contributed by atoms with Crippen molar-refractivity contribution in [3.8, 4) is 0 Å². The molecule has 1 atom stereocenters. The van der Waals surface area contributed by atoms with Crippen molar-refractivity contribution in [2.45, 2.75) is 58.4 Å². The largest absolute Gasteiger partial charge is 0.355 e. The Bertz CT molecular complexity index is 467. The van der Waals surface area contributed by atoms with Crippen molar-refractivity contribution in [2.75, 3.05) is 59.9 Å². The average molecular weight is 492 g/mol. The molecule has 0 radical (unpaired) electrons. The first-order chi connectivity index (χ1) is 12.5. The highest BCUT2D eigenvalue weighted by Crippen LogP contribution is 2.43. The molecular weight excluding hydrogens is 449 g/mol. The van der Waals surface area contributed by atoms with Crippen LogP contribution in [0.3, 0.4) is 0 Å². The van der Waals surface area contributed by atoms with Crippen LogP contribution in [0.5, 0.6) is 0 Å². The zero-order valence-corrected chi connectivity index (χ0v) is 20.4. The minimum absolute atomic E-state index is 0. The normalized spacial score (nSPS) is 25.7. The van der Waals surface area contributed by atoms with Crippen LogP contribution in [0, 0.1) is 11.3 Å². The number of piperazine rings is 1. The Morgan fingerprint density at radius 2 is 1.67 bits per heavy atom. The van der Waals surface area contributed by atoms with Crippen LogP contribution in [0.15, 0.2) is 4.99 Å². The number of hydrogen-bond acceptors (Lipinski definition) is 3. The molecule has 1 unspecified atom stereocenters. The molecule has 2 aliphatic heterocycles. The zero-order valence-electron chi connectivity index (χ0n) is 18.0. The first-order valence-electron chi connectivity index (χ1n) is 10.9. The Labute approximate surface area is 184 Å². The van der Waals surface area contributed by atoms with Crippen LogP contribution in [-0.2, 0) is 0 Å². The van der Waals surface area contributed by atoms with Gasteiger partial charge >= 0.3 is 0 Å². The van der Waals surface area contributed by atoms with Crippen LogP contribution in [-0.4, -0.2) is 86.6 Å². The van der Waals surface area contributed by atoms with E-state index in [4.69, 9.17) is 0 Å². The van der Waals surface area contributed by atoms with Crippen LogP contribution in [0.2, 0.25) is 0 Å². The second-order valence-electron chi connectivity index (χ2n) is 9.31. The first kappa shape index (κ1) is 23.2. The maximum Gasteiger partial charge on any atom is 0.193 e. The van der Waals surface area contributed by atoms with Gasteiger partial charge < -0.3 is 15.1 Å². The van der Waals surface area contributed by atoms with Gasteiger partial charge in [-0.1, -0.05) is 33.1 Å². The maximum atomic E-state index is 4.64. The molecule has 0 aromatic rings. The van der Waals surface area contributed by atoms with Gasteiger partial charge in [-0.15, -0.1) is 24.0 Å². The lowest BCUT2D eigenvalue weighted by atomic mass is 9.73. The molecule has 3 rings (SSSR count). The van der Waals surface area contributed by atoms with Gasteiger partial charge in [0.2, 0.25) is 0 Å². The third-order valence-corrected chi connectivity index (χ3v) is 7.11. The summed E-state index contributed by atoms with van der Waals surface area (Å²) >= 11 is 0. The second-order valence-corrected chi connectivity index (χ2v) is 9.31. The predicted octanol–water partition coefficient (Wildman–Crippen LogP) is 3.11. The molecule has 0 aromatic carbocycles. The van der Waals surface area contributed by atoms with Crippen molar-refractivity contribution >= 4 is 29.9 Å². The number of likely N-dealkylation sites (tertiary alicyclic amines) is 1. The van der Waals surface area contributed by atoms with Crippen LogP contribution < -0.4 is 5.32 Å². The van der Waals surface area contributed by atoms with Crippen molar-refractivity contribution in [1.29, 1.82) is 0 Å². The summed E-state index contributed by atoms with van der Waals surface area (Å²) in [5.41, 5.74) is 0.588. The standard InChI is InChI=1S/C21H41N5.HI/c1-18(2)19(25-14-12-24(4)13-15-25)16-23-20(22-3)26-11-10-21(17-26)8-6-5-7-9-21;/h18-19H,5-17H2,1-4H3,(H,22,23);1H. The molecule has 0 amide bonds. The van der Waals surface area contributed by atoms with Gasteiger partial charge in [0.15, 0.2) is 5.96 Å². The van der Waals surface area contributed by atoms with E-state index in [0.717, 1.165) is 12.5 Å². The van der Waals surface area contributed by atoms with Crippen molar-refractivity contribution < 1.29 is 0 Å². The molecule has 158 valence electrons. The zero-order chi connectivity index (χ0) is 18.6. The molecule has 1 aliphatic carbocycles.